The third-order valence-corrected chi connectivity index (χ3v) is 2.64. The predicted molar refractivity (Wildman–Crippen MR) is 59.2 cm³/mol. The van der Waals surface area contributed by atoms with Crippen LogP contribution in [0.3, 0.4) is 0 Å². The highest BCUT2D eigenvalue weighted by Crippen LogP contribution is 1.99. The van der Waals surface area contributed by atoms with Crippen LogP contribution >= 0.6 is 11.8 Å². The van der Waals surface area contributed by atoms with Gasteiger partial charge in [0.15, 0.2) is 0 Å². The Morgan fingerprint density at radius 1 is 1.38 bits per heavy atom. The zero-order valence-electron chi connectivity index (χ0n) is 8.56. The summed E-state index contributed by atoms with van der Waals surface area (Å²) in [5.74, 6) is 2.51. The largest absolute Gasteiger partial charge is 0.359 e. The van der Waals surface area contributed by atoms with Crippen LogP contribution < -0.4 is 10.6 Å². The molecule has 0 bridgehead atoms. The van der Waals surface area contributed by atoms with Crippen LogP contribution in [0.1, 0.15) is 19.8 Å². The van der Waals surface area contributed by atoms with Gasteiger partial charge in [0.05, 0.1) is 0 Å². The number of carbonyl (C=O) groups excluding carboxylic acids is 1. The SMILES string of the molecule is CCSCCCNCCC(=O)NC. The topological polar surface area (TPSA) is 41.1 Å². The maximum absolute atomic E-state index is 10.8. The van der Waals surface area contributed by atoms with Crippen molar-refractivity contribution in [3.63, 3.8) is 0 Å². The number of rotatable bonds is 8. The van der Waals surface area contributed by atoms with Gasteiger partial charge in [-0.15, -0.1) is 0 Å². The van der Waals surface area contributed by atoms with Gasteiger partial charge < -0.3 is 10.6 Å². The van der Waals surface area contributed by atoms with Gasteiger partial charge in [0.1, 0.15) is 0 Å². The summed E-state index contributed by atoms with van der Waals surface area (Å²) in [6, 6.07) is 0. The van der Waals surface area contributed by atoms with E-state index in [1.807, 2.05) is 11.8 Å². The van der Waals surface area contributed by atoms with Crippen molar-refractivity contribution in [1.29, 1.82) is 0 Å². The molecule has 0 fully saturated rings. The Balaban J connectivity index is 2.95. The summed E-state index contributed by atoms with van der Waals surface area (Å²) < 4.78 is 0. The van der Waals surface area contributed by atoms with Gasteiger partial charge in [-0.2, -0.15) is 11.8 Å². The first kappa shape index (κ1) is 12.8. The molecule has 0 aromatic heterocycles. The highest BCUT2D eigenvalue weighted by atomic mass is 32.2. The quantitative estimate of drug-likeness (QED) is 0.576. The van der Waals surface area contributed by atoms with E-state index in [1.165, 1.54) is 17.9 Å². The van der Waals surface area contributed by atoms with Gasteiger partial charge in [-0.05, 0) is 24.5 Å². The van der Waals surface area contributed by atoms with Crippen LogP contribution in [0.15, 0.2) is 0 Å². The molecule has 78 valence electrons. The number of hydrogen-bond acceptors (Lipinski definition) is 3. The second-order valence-corrected chi connectivity index (χ2v) is 4.12. The highest BCUT2D eigenvalue weighted by molar-refractivity contribution is 7.99. The summed E-state index contributed by atoms with van der Waals surface area (Å²) in [6.45, 7) is 3.98. The summed E-state index contributed by atoms with van der Waals surface area (Å²) in [4.78, 5) is 10.8. The molecule has 0 aromatic carbocycles. The Kier molecular flexibility index (Phi) is 9.70. The molecule has 13 heavy (non-hydrogen) atoms. The van der Waals surface area contributed by atoms with Gasteiger partial charge in [0.25, 0.3) is 0 Å². The Morgan fingerprint density at radius 3 is 2.77 bits per heavy atom. The molecule has 3 nitrogen and oxygen atoms in total. The first-order valence-corrected chi connectivity index (χ1v) is 5.95. The minimum absolute atomic E-state index is 0.107. The molecule has 4 heteroatoms. The van der Waals surface area contributed by atoms with Crippen molar-refractivity contribution in [3.05, 3.63) is 0 Å². The molecule has 0 unspecified atom stereocenters. The third-order valence-electron chi connectivity index (χ3n) is 1.65. The fourth-order valence-electron chi connectivity index (χ4n) is 0.895. The molecule has 2 N–H and O–H groups in total. The van der Waals surface area contributed by atoms with Crippen molar-refractivity contribution < 1.29 is 4.79 Å². The maximum atomic E-state index is 10.8. The van der Waals surface area contributed by atoms with Crippen molar-refractivity contribution in [3.8, 4) is 0 Å². The van der Waals surface area contributed by atoms with Gasteiger partial charge in [-0.3, -0.25) is 4.79 Å². The zero-order valence-corrected chi connectivity index (χ0v) is 9.38. The average molecular weight is 204 g/mol. The molecule has 0 heterocycles. The second kappa shape index (κ2) is 9.86. The van der Waals surface area contributed by atoms with Crippen LogP contribution in [0.4, 0.5) is 0 Å². The van der Waals surface area contributed by atoms with E-state index in [0.717, 1.165) is 13.1 Å². The molecule has 0 aromatic rings. The average Bonchev–Trinajstić information content (AvgIpc) is 2.16. The lowest BCUT2D eigenvalue weighted by Gasteiger charge is -2.03. The van der Waals surface area contributed by atoms with Crippen LogP contribution in [0.2, 0.25) is 0 Å². The number of amides is 1. The lowest BCUT2D eigenvalue weighted by atomic mass is 10.4. The van der Waals surface area contributed by atoms with Crippen molar-refractivity contribution in [2.75, 3.05) is 31.6 Å². The summed E-state index contributed by atoms with van der Waals surface area (Å²) in [6.07, 6.45) is 1.77. The Hall–Kier alpha value is -0.220. The predicted octanol–water partition coefficient (Wildman–Crippen LogP) is 0.855. The lowest BCUT2D eigenvalue weighted by Crippen LogP contribution is -2.25. The number of hydrogen-bond donors (Lipinski definition) is 2. The molecule has 0 aliphatic heterocycles. The molecular weight excluding hydrogens is 184 g/mol. The molecule has 0 saturated heterocycles. The number of nitrogens with one attached hydrogen (secondary N) is 2. The highest BCUT2D eigenvalue weighted by Gasteiger charge is 1.95. The summed E-state index contributed by atoms with van der Waals surface area (Å²) in [7, 11) is 1.67. The van der Waals surface area contributed by atoms with Crippen LogP contribution in [0.25, 0.3) is 0 Å². The van der Waals surface area contributed by atoms with Crippen molar-refractivity contribution in [2.45, 2.75) is 19.8 Å². The van der Waals surface area contributed by atoms with E-state index < -0.39 is 0 Å². The monoisotopic (exact) mass is 204 g/mol. The molecule has 0 saturated carbocycles. The van der Waals surface area contributed by atoms with E-state index in [2.05, 4.69) is 17.6 Å². The van der Waals surface area contributed by atoms with Crippen molar-refractivity contribution >= 4 is 17.7 Å². The van der Waals surface area contributed by atoms with Gasteiger partial charge in [0.2, 0.25) is 5.91 Å². The fourth-order valence-corrected chi connectivity index (χ4v) is 1.53. The number of carbonyl (C=O) groups is 1. The first-order valence-electron chi connectivity index (χ1n) is 4.80. The normalized spacial score (nSPS) is 10.0. The van der Waals surface area contributed by atoms with E-state index in [-0.39, 0.29) is 5.91 Å². The number of thioether (sulfide) groups is 1. The molecule has 0 rings (SSSR count). The fraction of sp³-hybridized carbons (Fsp3) is 0.889. The molecule has 0 aliphatic carbocycles. The van der Waals surface area contributed by atoms with Crippen LogP contribution in [0, 0.1) is 0 Å². The van der Waals surface area contributed by atoms with E-state index >= 15 is 0 Å². The zero-order chi connectivity index (χ0) is 9.94. The maximum Gasteiger partial charge on any atom is 0.221 e. The van der Waals surface area contributed by atoms with E-state index in [4.69, 9.17) is 0 Å². The molecule has 0 spiro atoms. The third kappa shape index (κ3) is 9.70. The van der Waals surface area contributed by atoms with Crippen LogP contribution in [-0.2, 0) is 4.79 Å². The van der Waals surface area contributed by atoms with Crippen LogP contribution in [-0.4, -0.2) is 37.6 Å². The second-order valence-electron chi connectivity index (χ2n) is 2.72. The smallest absolute Gasteiger partial charge is 0.221 e. The Morgan fingerprint density at radius 2 is 2.15 bits per heavy atom. The van der Waals surface area contributed by atoms with Gasteiger partial charge in [0, 0.05) is 20.0 Å². The van der Waals surface area contributed by atoms with E-state index in [1.54, 1.807) is 7.05 Å². The summed E-state index contributed by atoms with van der Waals surface area (Å²) in [5.41, 5.74) is 0. The van der Waals surface area contributed by atoms with Crippen LogP contribution in [0.5, 0.6) is 0 Å². The first-order chi connectivity index (χ1) is 6.31. The Bertz CT molecular complexity index is 131. The molecule has 0 aliphatic rings. The lowest BCUT2D eigenvalue weighted by molar-refractivity contribution is -0.120. The van der Waals surface area contributed by atoms with Gasteiger partial charge in [-0.1, -0.05) is 6.92 Å². The van der Waals surface area contributed by atoms with Gasteiger partial charge >= 0.3 is 0 Å². The Labute approximate surface area is 85.0 Å². The van der Waals surface area contributed by atoms with E-state index in [9.17, 15) is 4.79 Å². The molecule has 1 amide bonds. The molecular formula is C9H20N2OS. The molecule has 0 radical (unpaired) electrons. The standard InChI is InChI=1S/C9H20N2OS/c1-3-13-8-4-6-11-7-5-9(12)10-2/h11H,3-8H2,1-2H3,(H,10,12). The van der Waals surface area contributed by atoms with Gasteiger partial charge in [-0.25, -0.2) is 0 Å². The van der Waals surface area contributed by atoms with E-state index in [0.29, 0.717) is 6.42 Å². The van der Waals surface area contributed by atoms with Crippen molar-refractivity contribution in [1.82, 2.24) is 10.6 Å². The van der Waals surface area contributed by atoms with Crippen molar-refractivity contribution in [2.24, 2.45) is 0 Å². The molecule has 0 atom stereocenters. The minimum atomic E-state index is 0.107. The summed E-state index contributed by atoms with van der Waals surface area (Å²) in [5, 5.41) is 5.83. The summed E-state index contributed by atoms with van der Waals surface area (Å²) >= 11 is 1.96. The minimum Gasteiger partial charge on any atom is -0.359 e.